The molecule has 2 saturated heterocycles. The molecule has 0 unspecified atom stereocenters. The van der Waals surface area contributed by atoms with Crippen molar-refractivity contribution < 1.29 is 64.2 Å². The normalized spacial score (nSPS) is 43.9. The molecule has 1 aliphatic carbocycles. The zero-order chi connectivity index (χ0) is 29.2. The smallest absolute Gasteiger partial charge is 0.335 e. The lowest BCUT2D eigenvalue weighted by Crippen LogP contribution is -2.61. The van der Waals surface area contributed by atoms with Crippen molar-refractivity contribution in [1.82, 2.24) is 4.90 Å². The number of hydrogen-bond donors (Lipinski definition) is 7. The molecule has 41 heavy (non-hydrogen) atoms. The van der Waals surface area contributed by atoms with E-state index in [-0.39, 0.29) is 13.0 Å². The summed E-state index contributed by atoms with van der Waals surface area (Å²) >= 11 is 0. The number of carboxylic acid groups (broad SMARTS) is 1. The number of ether oxygens (including phenoxy) is 5. The second-order valence-corrected chi connectivity index (χ2v) is 11.4. The molecule has 1 aromatic rings. The van der Waals surface area contributed by atoms with Crippen LogP contribution in [0.4, 0.5) is 0 Å². The summed E-state index contributed by atoms with van der Waals surface area (Å²) in [4.78, 5) is 13.7. The Kier molecular flexibility index (Phi) is 7.51. The Hall–Kier alpha value is -2.37. The largest absolute Gasteiger partial charge is 0.485 e. The molecule has 0 saturated carbocycles. The van der Waals surface area contributed by atoms with Gasteiger partial charge in [-0.05, 0) is 31.6 Å². The van der Waals surface area contributed by atoms with E-state index in [0.29, 0.717) is 24.5 Å². The summed E-state index contributed by atoms with van der Waals surface area (Å²) in [6.07, 6.45) is -10.4. The van der Waals surface area contributed by atoms with Crippen LogP contribution in [0.15, 0.2) is 24.3 Å². The van der Waals surface area contributed by atoms with E-state index in [1.54, 1.807) is 12.1 Å². The summed E-state index contributed by atoms with van der Waals surface area (Å²) in [6.45, 7) is 1.19. The van der Waals surface area contributed by atoms with E-state index in [9.17, 15) is 40.5 Å². The van der Waals surface area contributed by atoms with E-state index < -0.39 is 78.9 Å². The number of hydrogen-bond acceptors (Lipinski definition) is 13. The first-order valence-electron chi connectivity index (χ1n) is 13.6. The summed E-state index contributed by atoms with van der Waals surface area (Å²) in [5, 5.41) is 70.3. The third kappa shape index (κ3) is 4.81. The second kappa shape index (κ2) is 10.7. The Morgan fingerprint density at radius 3 is 2.54 bits per heavy atom. The fraction of sp³-hybridized carbons (Fsp3) is 0.667. The lowest BCUT2D eigenvalue weighted by Gasteiger charge is -2.42. The summed E-state index contributed by atoms with van der Waals surface area (Å²) in [6, 6.07) is 3.64. The van der Waals surface area contributed by atoms with Gasteiger partial charge in [-0.15, -0.1) is 0 Å². The molecule has 226 valence electrons. The predicted molar refractivity (Wildman–Crippen MR) is 135 cm³/mol. The maximum atomic E-state index is 11.5. The van der Waals surface area contributed by atoms with Crippen LogP contribution in [-0.4, -0.2) is 134 Å². The van der Waals surface area contributed by atoms with Crippen molar-refractivity contribution in [3.63, 3.8) is 0 Å². The van der Waals surface area contributed by atoms with Gasteiger partial charge in [-0.3, -0.25) is 0 Å². The van der Waals surface area contributed by atoms with Gasteiger partial charge in [0.1, 0.15) is 42.7 Å². The molecular formula is C27H35NO13. The first-order chi connectivity index (χ1) is 19.5. The molecule has 6 rings (SSSR count). The maximum Gasteiger partial charge on any atom is 0.335 e. The molecule has 7 N–H and O–H groups in total. The van der Waals surface area contributed by atoms with Crippen molar-refractivity contribution >= 4 is 5.97 Å². The molecule has 1 aromatic carbocycles. The average molecular weight is 582 g/mol. The molecule has 5 aliphatic rings. The van der Waals surface area contributed by atoms with E-state index in [4.69, 9.17) is 23.7 Å². The van der Waals surface area contributed by atoms with Crippen molar-refractivity contribution in [3.8, 4) is 11.5 Å². The van der Waals surface area contributed by atoms with Gasteiger partial charge in [0, 0.05) is 18.5 Å². The zero-order valence-electron chi connectivity index (χ0n) is 22.2. The van der Waals surface area contributed by atoms with Gasteiger partial charge < -0.3 is 64.3 Å². The molecule has 4 aliphatic heterocycles. The Labute approximate surface area is 234 Å². The summed E-state index contributed by atoms with van der Waals surface area (Å²) in [5.41, 5.74) is 1.37. The number of aliphatic hydroxyl groups excluding tert-OH is 6. The number of rotatable bonds is 5. The standard InChI is InChI=1S/C27H35NO13/c1-28-7-6-27-5-4-12(38-26-21(34)18(31)19(32)23(41-26)24(35)36)8-15(27)40-22-14(3-2-11(9-28)16(22)27)39-25-20(33)17(30)13(29)10-37-25/h2-5,12-13,15,17-21,23,25-26,29-34H,6-10H2,1H3,(H,35,36)/t12-,13+,15-,17-,18-,19-,20+,21+,23-,25-,26+,27-/m0/s1. The highest BCUT2D eigenvalue weighted by atomic mass is 16.7. The van der Waals surface area contributed by atoms with Gasteiger partial charge in [0.25, 0.3) is 0 Å². The van der Waals surface area contributed by atoms with Gasteiger partial charge in [-0.2, -0.15) is 0 Å². The first kappa shape index (κ1) is 28.7. The number of nitrogens with zero attached hydrogens (tertiary/aromatic N) is 1. The lowest BCUT2D eigenvalue weighted by molar-refractivity contribution is -0.302. The molecule has 0 amide bonds. The molecule has 0 radical (unpaired) electrons. The Bertz CT molecular complexity index is 1200. The molecule has 2 fully saturated rings. The summed E-state index contributed by atoms with van der Waals surface area (Å²) < 4.78 is 29.2. The van der Waals surface area contributed by atoms with Gasteiger partial charge >= 0.3 is 5.97 Å². The van der Waals surface area contributed by atoms with Crippen LogP contribution >= 0.6 is 0 Å². The minimum absolute atomic E-state index is 0.216. The van der Waals surface area contributed by atoms with Gasteiger partial charge in [-0.25, -0.2) is 4.79 Å². The van der Waals surface area contributed by atoms with Crippen LogP contribution in [0.5, 0.6) is 11.5 Å². The van der Waals surface area contributed by atoms with Crippen molar-refractivity contribution in [2.75, 3.05) is 20.2 Å². The van der Waals surface area contributed by atoms with Crippen LogP contribution in [0.1, 0.15) is 24.0 Å². The SMILES string of the molecule is CN1CC[C@@]23C=C[C@H](O[C@@H]4O[C@H](C(=O)O)[C@@H](O)[C@H](O)[C@H]4O)C[C@@H]2Oc2c(O[C@@H]4OC[C@@H](O)[C@H](O)[C@H]4O)ccc(c23)C1. The molecule has 1 spiro atoms. The molecule has 0 bridgehead atoms. The maximum absolute atomic E-state index is 11.5. The fourth-order valence-corrected chi connectivity index (χ4v) is 6.44. The monoisotopic (exact) mass is 581 g/mol. The molecule has 12 atom stereocenters. The third-order valence-electron chi connectivity index (χ3n) is 8.73. The van der Waals surface area contributed by atoms with Gasteiger partial charge in [-0.1, -0.05) is 18.2 Å². The Morgan fingerprint density at radius 2 is 1.78 bits per heavy atom. The van der Waals surface area contributed by atoms with E-state index in [2.05, 4.69) is 4.90 Å². The number of aliphatic hydroxyl groups is 6. The van der Waals surface area contributed by atoms with Crippen LogP contribution in [0.2, 0.25) is 0 Å². The number of carbonyl (C=O) groups is 1. The quantitative estimate of drug-likeness (QED) is 0.181. The van der Waals surface area contributed by atoms with Crippen molar-refractivity contribution in [3.05, 3.63) is 35.4 Å². The number of benzene rings is 1. The van der Waals surface area contributed by atoms with Crippen LogP contribution < -0.4 is 9.47 Å². The van der Waals surface area contributed by atoms with Crippen LogP contribution in [-0.2, 0) is 31.0 Å². The lowest BCUT2D eigenvalue weighted by atomic mass is 9.69. The summed E-state index contributed by atoms with van der Waals surface area (Å²) in [5.74, 6) is -0.738. The third-order valence-corrected chi connectivity index (χ3v) is 8.73. The van der Waals surface area contributed by atoms with Crippen LogP contribution in [0.25, 0.3) is 0 Å². The predicted octanol–water partition coefficient (Wildman–Crippen LogP) is -2.42. The van der Waals surface area contributed by atoms with Crippen molar-refractivity contribution in [2.24, 2.45) is 0 Å². The zero-order valence-corrected chi connectivity index (χ0v) is 22.2. The Balaban J connectivity index is 1.27. The fourth-order valence-electron chi connectivity index (χ4n) is 6.44. The van der Waals surface area contributed by atoms with Crippen LogP contribution in [0.3, 0.4) is 0 Å². The molecule has 4 heterocycles. The topological polar surface area (TPSA) is 208 Å². The van der Waals surface area contributed by atoms with E-state index in [1.165, 1.54) is 0 Å². The molecular weight excluding hydrogens is 546 g/mol. The average Bonchev–Trinajstić information content (AvgIpc) is 3.21. The summed E-state index contributed by atoms with van der Waals surface area (Å²) in [7, 11) is 2.02. The van der Waals surface area contributed by atoms with Gasteiger partial charge in [0.05, 0.1) is 18.1 Å². The molecule has 0 aromatic heterocycles. The molecule has 14 nitrogen and oxygen atoms in total. The minimum Gasteiger partial charge on any atom is -0.485 e. The second-order valence-electron chi connectivity index (χ2n) is 11.4. The highest BCUT2D eigenvalue weighted by Gasteiger charge is 2.54. The van der Waals surface area contributed by atoms with Crippen molar-refractivity contribution in [1.29, 1.82) is 0 Å². The highest BCUT2D eigenvalue weighted by Crippen LogP contribution is 2.56. The molecule has 14 heteroatoms. The number of carboxylic acids is 1. The van der Waals surface area contributed by atoms with Crippen LogP contribution in [0, 0.1) is 0 Å². The first-order valence-corrected chi connectivity index (χ1v) is 13.6. The van der Waals surface area contributed by atoms with Gasteiger partial charge in [0.15, 0.2) is 23.9 Å². The Morgan fingerprint density at radius 1 is 1.02 bits per heavy atom. The van der Waals surface area contributed by atoms with E-state index >= 15 is 0 Å². The van der Waals surface area contributed by atoms with Gasteiger partial charge in [0.2, 0.25) is 6.29 Å². The minimum atomic E-state index is -1.82. The van der Waals surface area contributed by atoms with Crippen molar-refractivity contribution in [2.45, 2.75) is 92.3 Å². The number of aliphatic carboxylic acids is 1. The highest BCUT2D eigenvalue weighted by molar-refractivity contribution is 5.73. The van der Waals surface area contributed by atoms with E-state index in [1.807, 2.05) is 19.2 Å². The van der Waals surface area contributed by atoms with E-state index in [0.717, 1.165) is 17.7 Å².